The Morgan fingerprint density at radius 2 is 2.00 bits per heavy atom. The van der Waals surface area contributed by atoms with Crippen LogP contribution in [0.3, 0.4) is 0 Å². The van der Waals surface area contributed by atoms with Crippen LogP contribution in [0.5, 0.6) is 0 Å². The molecule has 1 aliphatic rings. The van der Waals surface area contributed by atoms with Crippen molar-refractivity contribution in [3.05, 3.63) is 29.8 Å². The molecule has 110 valence electrons. The second-order valence-electron chi connectivity index (χ2n) is 5.77. The lowest BCUT2D eigenvalue weighted by Gasteiger charge is -2.31. The van der Waals surface area contributed by atoms with Crippen molar-refractivity contribution in [2.75, 3.05) is 5.73 Å². The van der Waals surface area contributed by atoms with Crippen molar-refractivity contribution >= 4 is 11.8 Å². The molecule has 1 fully saturated rings. The molecule has 0 bridgehead atoms. The Morgan fingerprint density at radius 1 is 1.40 bits per heavy atom. The largest absolute Gasteiger partial charge is 0.465 e. The fourth-order valence-electron chi connectivity index (χ4n) is 2.93. The number of amides is 1. The van der Waals surface area contributed by atoms with Gasteiger partial charge in [0, 0.05) is 5.69 Å². The molecule has 3 N–H and O–H groups in total. The van der Waals surface area contributed by atoms with Crippen LogP contribution in [0.15, 0.2) is 24.3 Å². The van der Waals surface area contributed by atoms with E-state index in [9.17, 15) is 9.90 Å². The smallest absolute Gasteiger partial charge is 0.409 e. The maximum atomic E-state index is 11.5. The first-order chi connectivity index (χ1) is 9.31. The minimum atomic E-state index is -0.929. The van der Waals surface area contributed by atoms with Crippen LogP contribution >= 0.6 is 0 Å². The normalized spacial score (nSPS) is 24.9. The highest BCUT2D eigenvalue weighted by atomic mass is 16.6. The molecule has 2 atom stereocenters. The zero-order chi connectivity index (χ0) is 14.9. The summed E-state index contributed by atoms with van der Waals surface area (Å²) in [5, 5.41) is 9.40. The summed E-state index contributed by atoms with van der Waals surface area (Å²) in [5.41, 5.74) is 6.78. The molecule has 20 heavy (non-hydrogen) atoms. The molecule has 2 rings (SSSR count). The van der Waals surface area contributed by atoms with E-state index in [2.05, 4.69) is 0 Å². The third-order valence-corrected chi connectivity index (χ3v) is 3.84. The highest BCUT2D eigenvalue weighted by Crippen LogP contribution is 2.34. The van der Waals surface area contributed by atoms with Crippen LogP contribution in [0.4, 0.5) is 10.5 Å². The van der Waals surface area contributed by atoms with Crippen molar-refractivity contribution in [2.24, 2.45) is 0 Å². The van der Waals surface area contributed by atoms with Gasteiger partial charge < -0.3 is 15.6 Å². The molecule has 1 amide bonds. The van der Waals surface area contributed by atoms with E-state index in [4.69, 9.17) is 10.5 Å². The average molecular weight is 278 g/mol. The summed E-state index contributed by atoms with van der Waals surface area (Å²) in [6.45, 7) is 5.51. The van der Waals surface area contributed by atoms with E-state index in [1.54, 1.807) is 13.8 Å². The van der Waals surface area contributed by atoms with Crippen molar-refractivity contribution in [1.29, 1.82) is 0 Å². The number of anilines is 1. The van der Waals surface area contributed by atoms with Crippen LogP contribution in [-0.2, 0) is 11.2 Å². The van der Waals surface area contributed by atoms with Gasteiger partial charge in [0.25, 0.3) is 0 Å². The molecule has 0 radical (unpaired) electrons. The van der Waals surface area contributed by atoms with Gasteiger partial charge in [-0.1, -0.05) is 12.1 Å². The molecule has 0 spiro atoms. The van der Waals surface area contributed by atoms with E-state index in [0.717, 1.165) is 24.1 Å². The first kappa shape index (κ1) is 14.7. The highest BCUT2D eigenvalue weighted by Gasteiger charge is 2.47. The van der Waals surface area contributed by atoms with E-state index in [1.807, 2.05) is 31.2 Å². The van der Waals surface area contributed by atoms with Gasteiger partial charge in [0.2, 0.25) is 0 Å². The van der Waals surface area contributed by atoms with Gasteiger partial charge in [-0.15, -0.1) is 0 Å². The van der Waals surface area contributed by atoms with E-state index in [0.29, 0.717) is 0 Å². The Balaban J connectivity index is 2.07. The summed E-state index contributed by atoms with van der Waals surface area (Å²) in [4.78, 5) is 12.9. The van der Waals surface area contributed by atoms with E-state index >= 15 is 0 Å². The van der Waals surface area contributed by atoms with Gasteiger partial charge in [-0.25, -0.2) is 4.79 Å². The van der Waals surface area contributed by atoms with E-state index in [1.165, 1.54) is 4.90 Å². The van der Waals surface area contributed by atoms with E-state index in [-0.39, 0.29) is 12.1 Å². The highest BCUT2D eigenvalue weighted by molar-refractivity contribution is 5.66. The van der Waals surface area contributed by atoms with Crippen molar-refractivity contribution in [2.45, 2.75) is 51.5 Å². The number of aryl methyl sites for hydroxylation is 1. The predicted octanol–water partition coefficient (Wildman–Crippen LogP) is 2.70. The molecule has 0 saturated carbocycles. The Bertz CT molecular complexity index is 484. The van der Waals surface area contributed by atoms with Gasteiger partial charge in [0.1, 0.15) is 5.72 Å². The standard InChI is InChI=1S/C15H22N2O3/c1-10-13(17(14(18)19)15(2,3)20-10)9-6-11-4-7-12(16)8-5-11/h4-5,7-8,10,13H,6,9,16H2,1-3H3,(H,18,19)/t10-,13-/m0/s1. The van der Waals surface area contributed by atoms with Crippen LogP contribution in [-0.4, -0.2) is 34.0 Å². The number of nitrogen functional groups attached to an aromatic ring is 1. The third kappa shape index (κ3) is 2.88. The maximum Gasteiger partial charge on any atom is 0.409 e. The van der Waals surface area contributed by atoms with Crippen molar-refractivity contribution in [3.8, 4) is 0 Å². The lowest BCUT2D eigenvalue weighted by atomic mass is 10.0. The van der Waals surface area contributed by atoms with Crippen LogP contribution in [0, 0.1) is 0 Å². The van der Waals surface area contributed by atoms with E-state index < -0.39 is 11.8 Å². The Kier molecular flexibility index (Phi) is 3.90. The van der Waals surface area contributed by atoms with Gasteiger partial charge in [0.05, 0.1) is 12.1 Å². The summed E-state index contributed by atoms with van der Waals surface area (Å²) >= 11 is 0. The molecule has 0 unspecified atom stereocenters. The van der Waals surface area contributed by atoms with Crippen LogP contribution in [0.1, 0.15) is 32.8 Å². The predicted molar refractivity (Wildman–Crippen MR) is 77.5 cm³/mol. The number of rotatable bonds is 3. The van der Waals surface area contributed by atoms with Gasteiger partial charge in [-0.3, -0.25) is 4.90 Å². The summed E-state index contributed by atoms with van der Waals surface area (Å²) in [6, 6.07) is 7.56. The van der Waals surface area contributed by atoms with Gasteiger partial charge in [-0.05, 0) is 51.3 Å². The quantitative estimate of drug-likeness (QED) is 0.833. The lowest BCUT2D eigenvalue weighted by molar-refractivity contribution is -0.0619. The fourth-order valence-corrected chi connectivity index (χ4v) is 2.93. The number of hydrogen-bond acceptors (Lipinski definition) is 3. The summed E-state index contributed by atoms with van der Waals surface area (Å²) in [6.07, 6.45) is 0.510. The molecular formula is C15H22N2O3. The van der Waals surface area contributed by atoms with Crippen molar-refractivity contribution in [3.63, 3.8) is 0 Å². The number of hydrogen-bond donors (Lipinski definition) is 2. The summed E-state index contributed by atoms with van der Waals surface area (Å²) in [5.74, 6) is 0. The fraction of sp³-hybridized carbons (Fsp3) is 0.533. The lowest BCUT2D eigenvalue weighted by Crippen LogP contribution is -2.47. The molecule has 1 aromatic carbocycles. The maximum absolute atomic E-state index is 11.5. The number of carboxylic acid groups (broad SMARTS) is 1. The van der Waals surface area contributed by atoms with Crippen LogP contribution in [0.25, 0.3) is 0 Å². The molecule has 1 saturated heterocycles. The Labute approximate surface area is 119 Å². The van der Waals surface area contributed by atoms with Gasteiger partial charge in [0.15, 0.2) is 0 Å². The molecule has 5 heteroatoms. The second-order valence-corrected chi connectivity index (χ2v) is 5.77. The summed E-state index contributed by atoms with van der Waals surface area (Å²) in [7, 11) is 0. The Morgan fingerprint density at radius 3 is 2.55 bits per heavy atom. The number of benzene rings is 1. The monoisotopic (exact) mass is 278 g/mol. The summed E-state index contributed by atoms with van der Waals surface area (Å²) < 4.78 is 5.77. The van der Waals surface area contributed by atoms with Gasteiger partial charge in [-0.2, -0.15) is 0 Å². The van der Waals surface area contributed by atoms with Crippen LogP contribution in [0.2, 0.25) is 0 Å². The number of nitrogens with two attached hydrogens (primary N) is 1. The van der Waals surface area contributed by atoms with Crippen molar-refractivity contribution in [1.82, 2.24) is 4.90 Å². The molecule has 1 aliphatic heterocycles. The molecule has 1 aromatic rings. The molecule has 0 aliphatic carbocycles. The zero-order valence-corrected chi connectivity index (χ0v) is 12.2. The molecule has 1 heterocycles. The third-order valence-electron chi connectivity index (χ3n) is 3.84. The zero-order valence-electron chi connectivity index (χ0n) is 12.2. The van der Waals surface area contributed by atoms with Crippen LogP contribution < -0.4 is 5.73 Å². The Hall–Kier alpha value is -1.75. The molecule has 5 nitrogen and oxygen atoms in total. The minimum absolute atomic E-state index is 0.102. The topological polar surface area (TPSA) is 75.8 Å². The van der Waals surface area contributed by atoms with Gasteiger partial charge >= 0.3 is 6.09 Å². The SMILES string of the molecule is C[C@@H]1OC(C)(C)N(C(=O)O)[C@H]1CCc1ccc(N)cc1. The van der Waals surface area contributed by atoms with Crippen molar-refractivity contribution < 1.29 is 14.6 Å². The second kappa shape index (κ2) is 5.32. The first-order valence-electron chi connectivity index (χ1n) is 6.86. The minimum Gasteiger partial charge on any atom is -0.465 e. The molecular weight excluding hydrogens is 256 g/mol. The molecule has 0 aromatic heterocycles. The number of carbonyl (C=O) groups is 1. The number of nitrogens with zero attached hydrogens (tertiary/aromatic N) is 1. The first-order valence-corrected chi connectivity index (χ1v) is 6.86. The average Bonchev–Trinajstić information content (AvgIpc) is 2.57. The number of ether oxygens (including phenoxy) is 1.